The number of phenolic OH excluding ortho intramolecular Hbond substituents is 1. The van der Waals surface area contributed by atoms with Crippen LogP contribution in [0.4, 0.5) is 4.39 Å². The molecule has 0 saturated carbocycles. The molecule has 1 aromatic heterocycles. The number of benzene rings is 3. The maximum atomic E-state index is 13.5. The summed E-state index contributed by atoms with van der Waals surface area (Å²) in [5.74, 6) is -0.416. The zero-order valence-electron chi connectivity index (χ0n) is 13.3. The Balaban J connectivity index is 1.72. The number of aromatic hydroxyl groups is 1. The quantitative estimate of drug-likeness (QED) is 0.538. The molecule has 2 N–H and O–H groups in total. The lowest BCUT2D eigenvalue weighted by Gasteiger charge is -2.04. The van der Waals surface area contributed by atoms with Gasteiger partial charge in [0.05, 0.1) is 11.4 Å². The van der Waals surface area contributed by atoms with E-state index in [1.54, 1.807) is 6.07 Å². The fraction of sp³-hybridized carbons (Fsp3) is 0. The second-order valence-electron chi connectivity index (χ2n) is 5.78. The summed E-state index contributed by atoms with van der Waals surface area (Å²) in [5, 5.41) is 17.1. The summed E-state index contributed by atoms with van der Waals surface area (Å²) < 4.78 is 13.5. The van der Waals surface area contributed by atoms with Crippen LogP contribution in [0, 0.1) is 5.82 Å². The summed E-state index contributed by atoms with van der Waals surface area (Å²) in [7, 11) is 0. The topological polar surface area (TPSA) is 48.9 Å². The van der Waals surface area contributed by atoms with Gasteiger partial charge in [0.15, 0.2) is 0 Å². The molecule has 25 heavy (non-hydrogen) atoms. The van der Waals surface area contributed by atoms with Crippen molar-refractivity contribution in [3.05, 3.63) is 84.7 Å². The van der Waals surface area contributed by atoms with Crippen molar-refractivity contribution < 1.29 is 9.50 Å². The van der Waals surface area contributed by atoms with Crippen LogP contribution in [0.3, 0.4) is 0 Å². The number of halogens is 1. The van der Waals surface area contributed by atoms with Gasteiger partial charge in [-0.2, -0.15) is 5.10 Å². The molecule has 4 aromatic rings. The maximum Gasteiger partial charge on any atom is 0.125 e. The molecular weight excluding hydrogens is 315 g/mol. The molecule has 0 spiro atoms. The van der Waals surface area contributed by atoms with Gasteiger partial charge >= 0.3 is 0 Å². The SMILES string of the molecule is Oc1ccc(F)cc1-c1cc(-c2cccc(-c3ccccc3)c2)[nH]n1. The molecule has 0 bridgehead atoms. The highest BCUT2D eigenvalue weighted by Gasteiger charge is 2.11. The van der Waals surface area contributed by atoms with Crippen LogP contribution in [-0.2, 0) is 0 Å². The van der Waals surface area contributed by atoms with E-state index in [2.05, 4.69) is 34.5 Å². The van der Waals surface area contributed by atoms with Crippen molar-refractivity contribution in [1.29, 1.82) is 0 Å². The number of H-pyrrole nitrogens is 1. The first-order valence-corrected chi connectivity index (χ1v) is 7.91. The third-order valence-electron chi connectivity index (χ3n) is 4.09. The van der Waals surface area contributed by atoms with Crippen LogP contribution < -0.4 is 0 Å². The van der Waals surface area contributed by atoms with Gasteiger partial charge in [-0.15, -0.1) is 0 Å². The van der Waals surface area contributed by atoms with Gasteiger partial charge < -0.3 is 5.11 Å². The Labute approximate surface area is 144 Å². The van der Waals surface area contributed by atoms with E-state index in [1.165, 1.54) is 18.2 Å². The third-order valence-corrected chi connectivity index (χ3v) is 4.09. The molecule has 0 aliphatic carbocycles. The monoisotopic (exact) mass is 330 g/mol. The van der Waals surface area contributed by atoms with Gasteiger partial charge in [-0.25, -0.2) is 4.39 Å². The number of nitrogens with zero attached hydrogens (tertiary/aromatic N) is 1. The largest absolute Gasteiger partial charge is 0.507 e. The number of hydrogen-bond donors (Lipinski definition) is 2. The molecule has 122 valence electrons. The highest BCUT2D eigenvalue weighted by atomic mass is 19.1. The maximum absolute atomic E-state index is 13.5. The van der Waals surface area contributed by atoms with Crippen LogP contribution in [0.25, 0.3) is 33.6 Å². The highest BCUT2D eigenvalue weighted by molar-refractivity contribution is 5.75. The number of nitrogens with one attached hydrogen (secondary N) is 1. The lowest BCUT2D eigenvalue weighted by molar-refractivity contribution is 0.475. The number of rotatable bonds is 3. The second kappa shape index (κ2) is 6.24. The van der Waals surface area contributed by atoms with Crippen LogP contribution in [0.2, 0.25) is 0 Å². The van der Waals surface area contributed by atoms with E-state index in [0.29, 0.717) is 11.3 Å². The van der Waals surface area contributed by atoms with Crippen molar-refractivity contribution in [1.82, 2.24) is 10.2 Å². The van der Waals surface area contributed by atoms with Crippen molar-refractivity contribution in [2.45, 2.75) is 0 Å². The van der Waals surface area contributed by atoms with Gasteiger partial charge in [-0.1, -0.05) is 48.5 Å². The van der Waals surface area contributed by atoms with E-state index < -0.39 is 5.82 Å². The first-order valence-electron chi connectivity index (χ1n) is 7.91. The van der Waals surface area contributed by atoms with Crippen molar-refractivity contribution >= 4 is 0 Å². The molecule has 0 atom stereocenters. The lowest BCUT2D eigenvalue weighted by atomic mass is 10.0. The molecule has 4 heteroatoms. The van der Waals surface area contributed by atoms with Gasteiger partial charge in [0.2, 0.25) is 0 Å². The minimum atomic E-state index is -0.413. The normalized spacial score (nSPS) is 10.8. The summed E-state index contributed by atoms with van der Waals surface area (Å²) in [5.41, 5.74) is 4.86. The molecule has 4 rings (SSSR count). The lowest BCUT2D eigenvalue weighted by Crippen LogP contribution is -1.81. The standard InChI is InChI=1S/C21H15FN2O/c22-17-9-10-21(25)18(12-17)20-13-19(23-24-20)16-8-4-7-15(11-16)14-5-2-1-3-6-14/h1-13,25H,(H,23,24). The zero-order valence-corrected chi connectivity index (χ0v) is 13.3. The zero-order chi connectivity index (χ0) is 17.2. The molecule has 0 fully saturated rings. The van der Waals surface area contributed by atoms with Crippen LogP contribution in [-0.4, -0.2) is 15.3 Å². The van der Waals surface area contributed by atoms with Gasteiger partial charge in [0.25, 0.3) is 0 Å². The van der Waals surface area contributed by atoms with Gasteiger partial charge in [-0.3, -0.25) is 5.10 Å². The summed E-state index contributed by atoms with van der Waals surface area (Å²) in [4.78, 5) is 0. The van der Waals surface area contributed by atoms with Gasteiger partial charge in [0, 0.05) is 11.1 Å². The van der Waals surface area contributed by atoms with E-state index >= 15 is 0 Å². The van der Waals surface area contributed by atoms with E-state index in [9.17, 15) is 9.50 Å². The molecule has 0 amide bonds. The average molecular weight is 330 g/mol. The molecule has 0 aliphatic rings. The predicted molar refractivity (Wildman–Crippen MR) is 96.5 cm³/mol. The number of aromatic nitrogens is 2. The van der Waals surface area contributed by atoms with Crippen LogP contribution >= 0.6 is 0 Å². The molecule has 1 heterocycles. The predicted octanol–water partition coefficient (Wildman–Crippen LogP) is 5.26. The Bertz CT molecular complexity index is 1030. The fourth-order valence-electron chi connectivity index (χ4n) is 2.82. The first kappa shape index (κ1) is 15.1. The molecule has 3 aromatic carbocycles. The molecular formula is C21H15FN2O. The van der Waals surface area contributed by atoms with Crippen molar-refractivity contribution in [3.63, 3.8) is 0 Å². The second-order valence-corrected chi connectivity index (χ2v) is 5.78. The summed E-state index contributed by atoms with van der Waals surface area (Å²) in [6, 6.07) is 23.8. The van der Waals surface area contributed by atoms with E-state index in [1.807, 2.05) is 30.3 Å². The fourth-order valence-corrected chi connectivity index (χ4v) is 2.82. The molecule has 0 saturated heterocycles. The minimum Gasteiger partial charge on any atom is -0.507 e. The van der Waals surface area contributed by atoms with Crippen molar-refractivity contribution in [2.24, 2.45) is 0 Å². The minimum absolute atomic E-state index is 0.00233. The van der Waals surface area contributed by atoms with Crippen LogP contribution in [0.15, 0.2) is 78.9 Å². The Morgan fingerprint density at radius 3 is 2.36 bits per heavy atom. The average Bonchev–Trinajstić information content (AvgIpc) is 3.14. The smallest absolute Gasteiger partial charge is 0.125 e. The van der Waals surface area contributed by atoms with Gasteiger partial charge in [0.1, 0.15) is 11.6 Å². The summed E-state index contributed by atoms with van der Waals surface area (Å²) >= 11 is 0. The van der Waals surface area contributed by atoms with Crippen molar-refractivity contribution in [3.8, 4) is 39.4 Å². The van der Waals surface area contributed by atoms with Gasteiger partial charge in [-0.05, 0) is 41.5 Å². The Kier molecular flexibility index (Phi) is 3.78. The highest BCUT2D eigenvalue weighted by Crippen LogP contribution is 2.32. The summed E-state index contributed by atoms with van der Waals surface area (Å²) in [6.45, 7) is 0. The summed E-state index contributed by atoms with van der Waals surface area (Å²) in [6.07, 6.45) is 0. The van der Waals surface area contributed by atoms with Crippen molar-refractivity contribution in [2.75, 3.05) is 0 Å². The Morgan fingerprint density at radius 1 is 0.760 bits per heavy atom. The molecule has 0 aliphatic heterocycles. The molecule has 3 nitrogen and oxygen atoms in total. The van der Waals surface area contributed by atoms with Crippen LogP contribution in [0.5, 0.6) is 5.75 Å². The van der Waals surface area contributed by atoms with E-state index in [4.69, 9.17) is 0 Å². The number of hydrogen-bond acceptors (Lipinski definition) is 2. The Morgan fingerprint density at radius 2 is 1.52 bits per heavy atom. The number of aromatic amines is 1. The van der Waals surface area contributed by atoms with Crippen LogP contribution in [0.1, 0.15) is 0 Å². The van der Waals surface area contributed by atoms with E-state index in [0.717, 1.165) is 22.4 Å². The van der Waals surface area contributed by atoms with E-state index in [-0.39, 0.29) is 5.75 Å². The third kappa shape index (κ3) is 3.02. The number of phenols is 1. The molecule has 0 radical (unpaired) electrons. The first-order chi connectivity index (χ1) is 12.2. The Hall–Kier alpha value is -3.40. The molecule has 0 unspecified atom stereocenters.